The summed E-state index contributed by atoms with van der Waals surface area (Å²) in [6, 6.07) is 54.3. The number of nitrogens with zero attached hydrogens (tertiary/aromatic N) is 2. The van der Waals surface area contributed by atoms with Gasteiger partial charge in [-0.3, -0.25) is 0 Å². The second-order valence-corrected chi connectivity index (χ2v) is 23.0. The van der Waals surface area contributed by atoms with Crippen molar-refractivity contribution in [2.45, 2.75) is 72.1 Å². The minimum absolute atomic E-state index is 0.0627. The van der Waals surface area contributed by atoms with Gasteiger partial charge in [0.2, 0.25) is 0 Å². The van der Waals surface area contributed by atoms with Crippen LogP contribution >= 0.6 is 22.7 Å². The highest BCUT2D eigenvalue weighted by Crippen LogP contribution is 2.51. The first kappa shape index (κ1) is 41.4. The summed E-state index contributed by atoms with van der Waals surface area (Å²) in [4.78, 5) is 5.00. The van der Waals surface area contributed by atoms with E-state index in [0.717, 1.165) is 67.4 Å². The monoisotopic (exact) mass is 918 g/mol. The first-order chi connectivity index (χ1) is 32.8. The molecule has 0 saturated carbocycles. The molecule has 0 radical (unpaired) electrons. The molecule has 0 fully saturated rings. The van der Waals surface area contributed by atoms with Crippen LogP contribution in [0.3, 0.4) is 0 Å². The van der Waals surface area contributed by atoms with Gasteiger partial charge in [0.05, 0.1) is 11.4 Å². The SMILES string of the molecule is CC(C)c1cc2c3c(c1)N(c1ccc(-c4csc5ccccc45)cc1)c1c(oc4ccc(C(C)(C)C)cc14)B3c1oc3ccc(C(C)(C)C)cc3c1N2c1ccc(-c2csc3ccccc23)cc1. The Bertz CT molecular complexity index is 3570. The average Bonchev–Trinajstić information content (AvgIpc) is 4.14. The smallest absolute Gasteiger partial charge is 0.342 e. The van der Waals surface area contributed by atoms with E-state index in [1.54, 1.807) is 22.7 Å². The van der Waals surface area contributed by atoms with Crippen LogP contribution in [0.25, 0.3) is 64.4 Å². The second-order valence-electron chi connectivity index (χ2n) is 21.2. The molecule has 7 aromatic carbocycles. The van der Waals surface area contributed by atoms with Crippen molar-refractivity contribution in [2.24, 2.45) is 0 Å². The lowest BCUT2D eigenvalue weighted by atomic mass is 9.37. The van der Waals surface area contributed by atoms with Crippen molar-refractivity contribution in [1.29, 1.82) is 0 Å². The number of furan rings is 2. The fourth-order valence-corrected chi connectivity index (χ4v) is 12.7. The van der Waals surface area contributed by atoms with Crippen LogP contribution in [0, 0.1) is 0 Å². The van der Waals surface area contributed by atoms with Crippen molar-refractivity contribution in [3.05, 3.63) is 173 Å². The van der Waals surface area contributed by atoms with Crippen LogP contribution in [0.15, 0.2) is 165 Å². The number of anilines is 6. The van der Waals surface area contributed by atoms with Gasteiger partial charge >= 0.3 is 6.71 Å². The minimum Gasteiger partial charge on any atom is -0.468 e. The number of thiophene rings is 2. The van der Waals surface area contributed by atoms with E-state index in [9.17, 15) is 0 Å². The number of benzene rings is 7. The minimum atomic E-state index is -0.303. The van der Waals surface area contributed by atoms with Gasteiger partial charge in [-0.15, -0.1) is 22.7 Å². The quantitative estimate of drug-likeness (QED) is 0.161. The van der Waals surface area contributed by atoms with Crippen molar-refractivity contribution in [2.75, 3.05) is 9.80 Å². The molecular formula is C61H51BN2O2S2. The third-order valence-electron chi connectivity index (χ3n) is 14.5. The highest BCUT2D eigenvalue weighted by molar-refractivity contribution is 7.18. The van der Waals surface area contributed by atoms with Gasteiger partial charge in [0.15, 0.2) is 0 Å². The molecule has 0 N–H and O–H groups in total. The molecule has 11 aromatic rings. The number of hydrogen-bond acceptors (Lipinski definition) is 6. The van der Waals surface area contributed by atoms with Crippen LogP contribution in [0.4, 0.5) is 34.1 Å². The fourth-order valence-electron chi connectivity index (χ4n) is 10.8. The summed E-state index contributed by atoms with van der Waals surface area (Å²) in [5.41, 5.74) is 20.0. The molecule has 0 spiro atoms. The van der Waals surface area contributed by atoms with Gasteiger partial charge in [0.1, 0.15) is 22.5 Å². The molecule has 0 atom stereocenters. The van der Waals surface area contributed by atoms with E-state index in [1.807, 2.05) is 0 Å². The summed E-state index contributed by atoms with van der Waals surface area (Å²) in [5.74, 6) is 0.257. The summed E-state index contributed by atoms with van der Waals surface area (Å²) in [6.07, 6.45) is 0. The second kappa shape index (κ2) is 14.9. The standard InChI is InChI=1S/C61H51BN2O2S2/c1-35(2)38-29-49-55-50(30-38)64(42-25-19-37(20-26-42)48-34-68-54-16-12-10-14-44(48)54)57-46-32-40(61(6,7)8)22-28-52(46)66-59(57)62(55)58-56(45-31-39(60(3,4)5)21-27-51(45)65-58)63(49)41-23-17-36(18-24-41)47-33-67-53-15-11-9-13-43(47)53/h9-35H,1-8H3. The van der Waals surface area contributed by atoms with Crippen molar-refractivity contribution >= 4 is 122 Å². The summed E-state index contributed by atoms with van der Waals surface area (Å²) >= 11 is 3.61. The molecule has 13 rings (SSSR count). The van der Waals surface area contributed by atoms with Crippen molar-refractivity contribution in [1.82, 2.24) is 0 Å². The molecule has 4 nitrogen and oxygen atoms in total. The maximum absolute atomic E-state index is 7.31. The van der Waals surface area contributed by atoms with Crippen LogP contribution in [0.2, 0.25) is 0 Å². The average molecular weight is 919 g/mol. The van der Waals surface area contributed by atoms with E-state index in [4.69, 9.17) is 8.83 Å². The number of rotatable bonds is 5. The topological polar surface area (TPSA) is 32.8 Å². The zero-order valence-corrected chi connectivity index (χ0v) is 41.3. The van der Waals surface area contributed by atoms with Gasteiger partial charge in [-0.05, 0) is 134 Å². The van der Waals surface area contributed by atoms with Gasteiger partial charge < -0.3 is 18.6 Å². The predicted octanol–water partition coefficient (Wildman–Crippen LogP) is 16.7. The highest BCUT2D eigenvalue weighted by Gasteiger charge is 2.50. The Kier molecular flexibility index (Phi) is 9.04. The van der Waals surface area contributed by atoms with Crippen LogP contribution in [0.1, 0.15) is 78.0 Å². The molecule has 0 aliphatic carbocycles. The molecule has 68 heavy (non-hydrogen) atoms. The summed E-state index contributed by atoms with van der Waals surface area (Å²) in [6.45, 7) is 18.1. The first-order valence-electron chi connectivity index (χ1n) is 23.9. The Balaban J connectivity index is 1.09. The van der Waals surface area contributed by atoms with Crippen molar-refractivity contribution in [3.63, 3.8) is 0 Å². The molecule has 2 aliphatic rings. The van der Waals surface area contributed by atoms with Gasteiger partial charge in [0.25, 0.3) is 0 Å². The van der Waals surface area contributed by atoms with Crippen LogP contribution < -0.4 is 26.6 Å². The van der Waals surface area contributed by atoms with Gasteiger partial charge in [-0.1, -0.05) is 128 Å². The van der Waals surface area contributed by atoms with Crippen LogP contribution in [-0.2, 0) is 10.8 Å². The van der Waals surface area contributed by atoms with Gasteiger partial charge in [0, 0.05) is 64.8 Å². The van der Waals surface area contributed by atoms with Crippen LogP contribution in [0.5, 0.6) is 0 Å². The summed E-state index contributed by atoms with van der Waals surface area (Å²) in [7, 11) is 0. The fraction of sp³-hybridized carbons (Fsp3) is 0.180. The zero-order valence-electron chi connectivity index (χ0n) is 39.7. The molecule has 0 saturated heterocycles. The van der Waals surface area contributed by atoms with E-state index in [2.05, 4.69) is 222 Å². The van der Waals surface area contributed by atoms with Crippen molar-refractivity contribution < 1.29 is 8.83 Å². The number of hydrogen-bond donors (Lipinski definition) is 0. The maximum atomic E-state index is 7.31. The largest absolute Gasteiger partial charge is 0.468 e. The zero-order chi connectivity index (χ0) is 46.4. The molecule has 4 aromatic heterocycles. The Labute approximate surface area is 406 Å². The lowest BCUT2D eigenvalue weighted by molar-refractivity contribution is 0.590. The molecule has 0 unspecified atom stereocenters. The van der Waals surface area contributed by atoms with E-state index in [-0.39, 0.29) is 23.5 Å². The third kappa shape index (κ3) is 6.25. The lowest BCUT2D eigenvalue weighted by Gasteiger charge is -2.41. The van der Waals surface area contributed by atoms with E-state index in [0.29, 0.717) is 0 Å². The molecule has 7 heteroatoms. The Morgan fingerprint density at radius 1 is 0.485 bits per heavy atom. The molecule has 332 valence electrons. The lowest BCUT2D eigenvalue weighted by Crippen LogP contribution is -2.60. The molecular weight excluding hydrogens is 868 g/mol. The molecule has 6 heterocycles. The third-order valence-corrected chi connectivity index (χ3v) is 16.4. The molecule has 0 bridgehead atoms. The number of fused-ring (bicyclic) bond motifs is 10. The van der Waals surface area contributed by atoms with Gasteiger partial charge in [-0.2, -0.15) is 0 Å². The summed E-state index contributed by atoms with van der Waals surface area (Å²) < 4.78 is 17.2. The van der Waals surface area contributed by atoms with Gasteiger partial charge in [-0.25, -0.2) is 0 Å². The van der Waals surface area contributed by atoms with Crippen molar-refractivity contribution in [3.8, 4) is 22.3 Å². The molecule has 0 amide bonds. The van der Waals surface area contributed by atoms with E-state index in [1.165, 1.54) is 64.6 Å². The Morgan fingerprint density at radius 3 is 1.32 bits per heavy atom. The first-order valence-corrected chi connectivity index (χ1v) is 25.6. The maximum Gasteiger partial charge on any atom is 0.342 e. The molecule has 2 aliphatic heterocycles. The van der Waals surface area contributed by atoms with E-state index >= 15 is 0 Å². The highest BCUT2D eigenvalue weighted by atomic mass is 32.1. The Hall–Kier alpha value is -6.80. The summed E-state index contributed by atoms with van der Waals surface area (Å²) in [5, 5.41) is 9.37. The van der Waals surface area contributed by atoms with Crippen LogP contribution in [-0.4, -0.2) is 6.71 Å². The Morgan fingerprint density at radius 2 is 0.912 bits per heavy atom. The predicted molar refractivity (Wildman–Crippen MR) is 293 cm³/mol. The normalized spacial score (nSPS) is 13.6. The van der Waals surface area contributed by atoms with E-state index < -0.39 is 0 Å².